The Morgan fingerprint density at radius 2 is 1.03 bits per heavy atom. The van der Waals surface area contributed by atoms with Crippen LogP contribution in [0.1, 0.15) is 28.7 Å². The van der Waals surface area contributed by atoms with Gasteiger partial charge < -0.3 is 9.64 Å². The number of ether oxygens (including phenoxy) is 1. The van der Waals surface area contributed by atoms with E-state index in [0.29, 0.717) is 0 Å². The zero-order valence-electron chi connectivity index (χ0n) is 35.5. The van der Waals surface area contributed by atoms with Crippen LogP contribution in [0.2, 0.25) is 0 Å². The molecule has 0 bridgehead atoms. The van der Waals surface area contributed by atoms with E-state index in [1.165, 1.54) is 59.1 Å². The van der Waals surface area contributed by atoms with Gasteiger partial charge >= 0.3 is 0 Å². The summed E-state index contributed by atoms with van der Waals surface area (Å²) in [6, 6.07) is 73.4. The Morgan fingerprint density at radius 1 is 0.415 bits per heavy atom. The summed E-state index contributed by atoms with van der Waals surface area (Å²) < 4.78 is 9.37. The predicted octanol–water partition coefficient (Wildman–Crippen LogP) is 17.5. The summed E-state index contributed by atoms with van der Waals surface area (Å²) in [5, 5.41) is 2.63. The summed E-state index contributed by atoms with van der Waals surface area (Å²) in [6.45, 7) is 4.61. The van der Waals surface area contributed by atoms with Crippen LogP contribution in [0.15, 0.2) is 231 Å². The molecule has 2 nitrogen and oxygen atoms in total. The molecule has 13 rings (SSSR count). The van der Waals surface area contributed by atoms with E-state index < -0.39 is 5.41 Å². The molecule has 3 aliphatic rings. The van der Waals surface area contributed by atoms with Crippen LogP contribution in [0.5, 0.6) is 11.5 Å². The molecule has 0 saturated carbocycles. The fourth-order valence-corrected chi connectivity index (χ4v) is 12.0. The van der Waals surface area contributed by atoms with Gasteiger partial charge in [0.05, 0.1) is 5.41 Å². The van der Waals surface area contributed by atoms with E-state index in [9.17, 15) is 0 Å². The number of nitrogens with zero attached hydrogens (tertiary/aromatic N) is 1. The number of allylic oxidation sites excluding steroid dienone is 5. The lowest BCUT2D eigenvalue weighted by Gasteiger charge is -2.36. The van der Waals surface area contributed by atoms with Gasteiger partial charge in [0.2, 0.25) is 0 Å². The van der Waals surface area contributed by atoms with Gasteiger partial charge in [0.25, 0.3) is 0 Å². The van der Waals surface area contributed by atoms with E-state index in [1.54, 1.807) is 0 Å². The Hall–Kier alpha value is -7.98. The van der Waals surface area contributed by atoms with Crippen molar-refractivity contribution in [1.82, 2.24) is 0 Å². The number of thiophene rings is 1. The van der Waals surface area contributed by atoms with Gasteiger partial charge in [-0.15, -0.1) is 11.3 Å². The summed E-state index contributed by atoms with van der Waals surface area (Å²) in [5.41, 5.74) is 18.1. The summed E-state index contributed by atoms with van der Waals surface area (Å²) in [5.74, 6) is 1.70. The molecule has 2 aliphatic carbocycles. The molecule has 1 aromatic heterocycles. The predicted molar refractivity (Wildman–Crippen MR) is 274 cm³/mol. The average molecular weight is 848 g/mol. The Labute approximate surface area is 383 Å². The molecule has 10 aromatic rings. The van der Waals surface area contributed by atoms with E-state index in [1.807, 2.05) is 17.4 Å². The molecule has 3 heteroatoms. The second-order valence-electron chi connectivity index (χ2n) is 17.2. The lowest BCUT2D eigenvalue weighted by atomic mass is 9.67. The molecule has 65 heavy (non-hydrogen) atoms. The van der Waals surface area contributed by atoms with E-state index in [-0.39, 0.29) is 0 Å². The second kappa shape index (κ2) is 14.8. The first-order valence-corrected chi connectivity index (χ1v) is 23.1. The van der Waals surface area contributed by atoms with Gasteiger partial charge in [-0.1, -0.05) is 164 Å². The van der Waals surface area contributed by atoms with Gasteiger partial charge in [0, 0.05) is 48.4 Å². The van der Waals surface area contributed by atoms with Gasteiger partial charge in [-0.3, -0.25) is 0 Å². The summed E-state index contributed by atoms with van der Waals surface area (Å²) in [6.07, 6.45) is 9.65. The molecular weight excluding hydrogens is 807 g/mol. The Morgan fingerprint density at radius 3 is 1.88 bits per heavy atom. The molecule has 9 aromatic carbocycles. The number of hydrogen-bond acceptors (Lipinski definition) is 3. The van der Waals surface area contributed by atoms with Crippen LogP contribution in [0, 0.1) is 0 Å². The molecule has 2 heterocycles. The fourth-order valence-electron chi connectivity index (χ4n) is 10.9. The maximum absolute atomic E-state index is 6.75. The third-order valence-electron chi connectivity index (χ3n) is 13.8. The lowest BCUT2D eigenvalue weighted by Crippen LogP contribution is -2.28. The monoisotopic (exact) mass is 847 g/mol. The molecule has 0 saturated heterocycles. The summed E-state index contributed by atoms with van der Waals surface area (Å²) in [7, 11) is 0. The Balaban J connectivity index is 1.11. The van der Waals surface area contributed by atoms with Crippen molar-refractivity contribution in [3.63, 3.8) is 0 Å². The standard InChI is InChI=1S/C62H41NOS/c1-40-18-4-3-17-35-62(55-28-14-11-25-48(55)52-38-54-51-27-13-16-30-60(51)65-61(54)39-57(52)62)56-37-43(31-33-49(56)45-22-8-7-21-44(40)45)63(41-19-5-2-6-20-41)42-32-34-59-53(36-42)47-24-10-9-23-46(47)50-26-12-15-29-58(50)64-59/h2-34,36-39H,1,35H2/b17-3-,18-4-. The van der Waals surface area contributed by atoms with Crippen molar-refractivity contribution < 1.29 is 4.74 Å². The first-order valence-electron chi connectivity index (χ1n) is 22.3. The first-order chi connectivity index (χ1) is 32.1. The molecule has 1 aliphatic heterocycles. The smallest absolute Gasteiger partial charge is 0.135 e. The highest BCUT2D eigenvalue weighted by Crippen LogP contribution is 2.59. The van der Waals surface area contributed by atoms with Gasteiger partial charge in [0.1, 0.15) is 11.5 Å². The highest BCUT2D eigenvalue weighted by atomic mass is 32.1. The number of fused-ring (bicyclic) bond motifs is 17. The molecular formula is C62H41NOS. The SMILES string of the molecule is C=C1/C=C\C=C/CC2(c3cc(N(c4ccccc4)c4ccc5c(c4)-c4ccccc4-c4ccccc4O5)ccc3-c3ccccc31)c1ccccc1-c1cc3c(cc12)sc1ccccc13. The van der Waals surface area contributed by atoms with E-state index in [0.717, 1.165) is 68.4 Å². The van der Waals surface area contributed by atoms with Crippen molar-refractivity contribution in [2.24, 2.45) is 0 Å². The largest absolute Gasteiger partial charge is 0.456 e. The fraction of sp³-hybridized carbons (Fsp3) is 0.0323. The van der Waals surface area contributed by atoms with Crippen LogP contribution in [-0.4, -0.2) is 0 Å². The zero-order valence-corrected chi connectivity index (χ0v) is 36.4. The maximum Gasteiger partial charge on any atom is 0.135 e. The number of para-hydroxylation sites is 2. The lowest BCUT2D eigenvalue weighted by molar-refractivity contribution is 0.488. The summed E-state index contributed by atoms with van der Waals surface area (Å²) in [4.78, 5) is 2.42. The van der Waals surface area contributed by atoms with Crippen LogP contribution in [0.25, 0.3) is 70.3 Å². The summed E-state index contributed by atoms with van der Waals surface area (Å²) >= 11 is 1.89. The van der Waals surface area contributed by atoms with Crippen molar-refractivity contribution in [2.45, 2.75) is 11.8 Å². The molecule has 0 radical (unpaired) electrons. The molecule has 306 valence electrons. The minimum atomic E-state index is -0.542. The van der Waals surface area contributed by atoms with Gasteiger partial charge in [-0.25, -0.2) is 0 Å². The second-order valence-corrected chi connectivity index (χ2v) is 18.3. The first kappa shape index (κ1) is 37.6. The van der Waals surface area contributed by atoms with Crippen molar-refractivity contribution in [2.75, 3.05) is 4.90 Å². The zero-order chi connectivity index (χ0) is 43.1. The molecule has 0 fully saturated rings. The van der Waals surface area contributed by atoms with Crippen LogP contribution in [-0.2, 0) is 5.41 Å². The van der Waals surface area contributed by atoms with Crippen LogP contribution in [0.3, 0.4) is 0 Å². The van der Waals surface area contributed by atoms with Crippen molar-refractivity contribution in [1.29, 1.82) is 0 Å². The third-order valence-corrected chi connectivity index (χ3v) is 14.9. The van der Waals surface area contributed by atoms with Crippen molar-refractivity contribution >= 4 is 54.1 Å². The number of rotatable bonds is 3. The van der Waals surface area contributed by atoms with E-state index in [2.05, 4.69) is 230 Å². The van der Waals surface area contributed by atoms with E-state index >= 15 is 0 Å². The average Bonchev–Trinajstić information content (AvgIpc) is 3.80. The van der Waals surface area contributed by atoms with E-state index in [4.69, 9.17) is 4.74 Å². The molecule has 0 amide bonds. The maximum atomic E-state index is 6.75. The van der Waals surface area contributed by atoms with Crippen LogP contribution >= 0.6 is 11.3 Å². The number of anilines is 3. The van der Waals surface area contributed by atoms with Crippen LogP contribution in [0.4, 0.5) is 17.1 Å². The topological polar surface area (TPSA) is 12.5 Å². The van der Waals surface area contributed by atoms with Gasteiger partial charge in [-0.05, 0) is 134 Å². The highest BCUT2D eigenvalue weighted by molar-refractivity contribution is 7.25. The third kappa shape index (κ3) is 5.79. The number of hydrogen-bond donors (Lipinski definition) is 0. The molecule has 1 spiro atoms. The van der Waals surface area contributed by atoms with Crippen LogP contribution < -0.4 is 9.64 Å². The molecule has 1 atom stereocenters. The van der Waals surface area contributed by atoms with Crippen molar-refractivity contribution in [3.8, 4) is 56.0 Å². The Bertz CT molecular complexity index is 3650. The quantitative estimate of drug-likeness (QED) is 0.176. The minimum absolute atomic E-state index is 0.542. The van der Waals surface area contributed by atoms with Gasteiger partial charge in [0.15, 0.2) is 0 Å². The normalized spacial score (nSPS) is 16.4. The highest BCUT2D eigenvalue weighted by Gasteiger charge is 2.46. The Kier molecular flexibility index (Phi) is 8.56. The van der Waals surface area contributed by atoms with Gasteiger partial charge in [-0.2, -0.15) is 0 Å². The van der Waals surface area contributed by atoms with Crippen molar-refractivity contribution in [3.05, 3.63) is 253 Å². The molecule has 1 unspecified atom stereocenters. The molecule has 0 N–H and O–H groups in total. The minimum Gasteiger partial charge on any atom is -0.456 e. The number of benzene rings is 9.